The normalized spacial score (nSPS) is 22.7. The first-order valence-electron chi connectivity index (χ1n) is 12.1. The molecule has 0 aliphatic heterocycles. The molecule has 37 heavy (non-hydrogen) atoms. The smallest absolute Gasteiger partial charge is 0.320 e. The summed E-state index contributed by atoms with van der Waals surface area (Å²) < 4.78 is 25.8. The maximum atomic E-state index is 14.6. The quantitative estimate of drug-likeness (QED) is 0.392. The van der Waals surface area contributed by atoms with Crippen LogP contribution in [0.1, 0.15) is 25.0 Å². The minimum Gasteiger partial charge on any atom is -0.460 e. The van der Waals surface area contributed by atoms with Crippen molar-refractivity contribution in [3.05, 3.63) is 143 Å². The average Bonchev–Trinajstić information content (AvgIpc) is 3.21. The van der Waals surface area contributed by atoms with E-state index in [0.29, 0.717) is 11.1 Å². The number of carbonyl (C=O) groups is 2. The largest absolute Gasteiger partial charge is 0.460 e. The zero-order chi connectivity index (χ0) is 26.3. The number of rotatable bonds is 7. The van der Waals surface area contributed by atoms with Gasteiger partial charge in [0.2, 0.25) is 0 Å². The third-order valence-corrected chi connectivity index (χ3v) is 6.24. The zero-order valence-electron chi connectivity index (χ0n) is 20.9. The van der Waals surface area contributed by atoms with E-state index in [1.54, 1.807) is 50.3 Å². The van der Waals surface area contributed by atoms with Crippen molar-refractivity contribution in [1.82, 2.24) is 0 Å². The monoisotopic (exact) mass is 496 g/mol. The first-order valence-corrected chi connectivity index (χ1v) is 12.1. The second-order valence-corrected chi connectivity index (χ2v) is 9.47. The van der Waals surface area contributed by atoms with E-state index in [4.69, 9.17) is 9.47 Å². The number of benzene rings is 2. The standard InChI is InChI=1S/C32H29FO4/c1-31(29(34)36-22-24-11-5-3-6-12-24)18-10-9-15-26(19-31)27-16-17-28(33)21-32(2,20-27)30(35)37-23-25-13-7-4-8-14-25/h3-21H,22-23H2,1-2H3. The summed E-state index contributed by atoms with van der Waals surface area (Å²) in [5.41, 5.74) is 0.558. The Bertz CT molecular complexity index is 1330. The van der Waals surface area contributed by atoms with Crippen molar-refractivity contribution in [3.63, 3.8) is 0 Å². The highest BCUT2D eigenvalue weighted by atomic mass is 19.1. The summed E-state index contributed by atoms with van der Waals surface area (Å²) in [6.07, 6.45) is 14.7. The molecule has 2 aliphatic rings. The van der Waals surface area contributed by atoms with Gasteiger partial charge in [0.05, 0.1) is 0 Å². The van der Waals surface area contributed by atoms with Crippen LogP contribution in [0.15, 0.2) is 132 Å². The molecule has 0 N–H and O–H groups in total. The molecule has 0 bridgehead atoms. The fourth-order valence-corrected chi connectivity index (χ4v) is 4.11. The Kier molecular flexibility index (Phi) is 7.83. The number of ether oxygens (including phenoxy) is 2. The van der Waals surface area contributed by atoms with Crippen molar-refractivity contribution >= 4 is 11.9 Å². The van der Waals surface area contributed by atoms with Gasteiger partial charge >= 0.3 is 11.9 Å². The predicted octanol–water partition coefficient (Wildman–Crippen LogP) is 6.89. The molecule has 2 aliphatic carbocycles. The summed E-state index contributed by atoms with van der Waals surface area (Å²) in [7, 11) is 0. The number of halogens is 1. The van der Waals surface area contributed by atoms with E-state index in [0.717, 1.165) is 11.1 Å². The van der Waals surface area contributed by atoms with Gasteiger partial charge in [-0.05, 0) is 48.3 Å². The minimum absolute atomic E-state index is 0.0825. The van der Waals surface area contributed by atoms with Crippen LogP contribution in [-0.2, 0) is 32.3 Å². The molecule has 2 unspecified atom stereocenters. The summed E-state index contributed by atoms with van der Waals surface area (Å²) in [5, 5.41) is 0. The molecule has 0 aromatic heterocycles. The molecule has 0 heterocycles. The first-order chi connectivity index (χ1) is 17.8. The number of allylic oxidation sites excluding steroid dienone is 8. The number of hydrogen-bond acceptors (Lipinski definition) is 4. The lowest BCUT2D eigenvalue weighted by molar-refractivity contribution is -0.152. The third-order valence-electron chi connectivity index (χ3n) is 6.24. The van der Waals surface area contributed by atoms with E-state index in [9.17, 15) is 14.0 Å². The van der Waals surface area contributed by atoms with E-state index >= 15 is 0 Å². The van der Waals surface area contributed by atoms with E-state index in [-0.39, 0.29) is 13.2 Å². The Morgan fingerprint density at radius 3 is 1.78 bits per heavy atom. The van der Waals surface area contributed by atoms with E-state index in [1.807, 2.05) is 66.7 Å². The Morgan fingerprint density at radius 1 is 0.676 bits per heavy atom. The molecule has 0 amide bonds. The molecule has 188 valence electrons. The Labute approximate surface area is 216 Å². The maximum Gasteiger partial charge on any atom is 0.320 e. The highest BCUT2D eigenvalue weighted by Crippen LogP contribution is 2.36. The summed E-state index contributed by atoms with van der Waals surface area (Å²) in [4.78, 5) is 26.2. The van der Waals surface area contributed by atoms with Gasteiger partial charge < -0.3 is 9.47 Å². The van der Waals surface area contributed by atoms with Crippen LogP contribution >= 0.6 is 0 Å². The van der Waals surface area contributed by atoms with Gasteiger partial charge in [-0.25, -0.2) is 4.39 Å². The molecular formula is C32H29FO4. The highest BCUT2D eigenvalue weighted by molar-refractivity contribution is 5.84. The number of esters is 2. The van der Waals surface area contributed by atoms with Crippen molar-refractivity contribution in [3.8, 4) is 0 Å². The average molecular weight is 497 g/mol. The van der Waals surface area contributed by atoms with Gasteiger partial charge in [-0.1, -0.05) is 103 Å². The fourth-order valence-electron chi connectivity index (χ4n) is 4.11. The molecule has 4 nitrogen and oxygen atoms in total. The van der Waals surface area contributed by atoms with Crippen LogP contribution in [-0.4, -0.2) is 11.9 Å². The minimum atomic E-state index is -1.35. The second kappa shape index (κ2) is 11.2. The summed E-state index contributed by atoms with van der Waals surface area (Å²) in [5.74, 6) is -1.54. The fraction of sp³-hybridized carbons (Fsp3) is 0.188. The molecule has 2 atom stereocenters. The predicted molar refractivity (Wildman–Crippen MR) is 141 cm³/mol. The van der Waals surface area contributed by atoms with Gasteiger partial charge in [-0.3, -0.25) is 9.59 Å². The van der Waals surface area contributed by atoms with E-state index in [1.165, 1.54) is 12.2 Å². The van der Waals surface area contributed by atoms with Gasteiger partial charge in [0, 0.05) is 0 Å². The van der Waals surface area contributed by atoms with E-state index < -0.39 is 28.6 Å². The number of carbonyl (C=O) groups excluding carboxylic acids is 2. The van der Waals surface area contributed by atoms with Crippen molar-refractivity contribution in [2.75, 3.05) is 0 Å². The molecule has 0 saturated heterocycles. The molecular weight excluding hydrogens is 467 g/mol. The molecule has 2 aromatic carbocycles. The van der Waals surface area contributed by atoms with Crippen LogP contribution in [0.5, 0.6) is 0 Å². The van der Waals surface area contributed by atoms with Gasteiger partial charge in [0.25, 0.3) is 0 Å². The molecule has 0 radical (unpaired) electrons. The van der Waals surface area contributed by atoms with Crippen LogP contribution in [0.25, 0.3) is 0 Å². The van der Waals surface area contributed by atoms with Gasteiger partial charge in [0.1, 0.15) is 29.9 Å². The topological polar surface area (TPSA) is 52.6 Å². The maximum absolute atomic E-state index is 14.6. The van der Waals surface area contributed by atoms with Gasteiger partial charge in [-0.15, -0.1) is 0 Å². The van der Waals surface area contributed by atoms with Gasteiger partial charge in [-0.2, -0.15) is 0 Å². The summed E-state index contributed by atoms with van der Waals surface area (Å²) >= 11 is 0. The zero-order valence-corrected chi connectivity index (χ0v) is 20.9. The first kappa shape index (κ1) is 25.8. The van der Waals surface area contributed by atoms with Crippen LogP contribution in [0, 0.1) is 10.8 Å². The Balaban J connectivity index is 1.58. The highest BCUT2D eigenvalue weighted by Gasteiger charge is 2.35. The number of hydrogen-bond donors (Lipinski definition) is 0. The van der Waals surface area contributed by atoms with Crippen molar-refractivity contribution < 1.29 is 23.5 Å². The second-order valence-electron chi connectivity index (χ2n) is 9.47. The van der Waals surface area contributed by atoms with Gasteiger partial charge in [0.15, 0.2) is 0 Å². The molecule has 0 saturated carbocycles. The molecule has 2 aromatic rings. The molecule has 4 rings (SSSR count). The summed E-state index contributed by atoms with van der Waals surface area (Å²) in [6.45, 7) is 3.61. The lowest BCUT2D eigenvalue weighted by atomic mass is 9.84. The van der Waals surface area contributed by atoms with E-state index in [2.05, 4.69) is 0 Å². The third kappa shape index (κ3) is 6.50. The Morgan fingerprint density at radius 2 is 1.19 bits per heavy atom. The lowest BCUT2D eigenvalue weighted by Crippen LogP contribution is -2.27. The van der Waals surface area contributed by atoms with Crippen molar-refractivity contribution in [2.45, 2.75) is 27.1 Å². The lowest BCUT2D eigenvalue weighted by Gasteiger charge is -2.23. The summed E-state index contributed by atoms with van der Waals surface area (Å²) in [6, 6.07) is 18.8. The van der Waals surface area contributed by atoms with Crippen LogP contribution < -0.4 is 0 Å². The van der Waals surface area contributed by atoms with Crippen molar-refractivity contribution in [1.29, 1.82) is 0 Å². The molecule has 5 heteroatoms. The van der Waals surface area contributed by atoms with Crippen LogP contribution in [0.3, 0.4) is 0 Å². The Hall–Kier alpha value is -4.25. The SMILES string of the molecule is CC1(C(=O)OCc2ccccc2)C=CC=CC(C2=CC(C)(C(=O)OCc3ccccc3)C=C(F)C=C2)=C1. The van der Waals surface area contributed by atoms with Crippen molar-refractivity contribution in [2.24, 2.45) is 10.8 Å². The van der Waals surface area contributed by atoms with Crippen LogP contribution in [0.2, 0.25) is 0 Å². The molecule has 0 spiro atoms. The molecule has 0 fully saturated rings. The van der Waals surface area contributed by atoms with Crippen LogP contribution in [0.4, 0.5) is 4.39 Å².